The van der Waals surface area contributed by atoms with E-state index < -0.39 is 10.0 Å². The predicted molar refractivity (Wildman–Crippen MR) is 81.3 cm³/mol. The number of nitrogens with zero attached hydrogens (tertiary/aromatic N) is 2. The van der Waals surface area contributed by atoms with Gasteiger partial charge in [-0.1, -0.05) is 12.1 Å². The number of hydrogen-bond acceptors (Lipinski definition) is 4. The number of benzene rings is 1. The third-order valence-electron chi connectivity index (χ3n) is 3.05. The molecular formula is C14H20N4O2S. The van der Waals surface area contributed by atoms with Crippen LogP contribution < -0.4 is 10.0 Å². The van der Waals surface area contributed by atoms with Crippen LogP contribution in [0.3, 0.4) is 0 Å². The van der Waals surface area contributed by atoms with E-state index in [0.717, 1.165) is 11.1 Å². The first-order chi connectivity index (χ1) is 10.0. The fourth-order valence-electron chi connectivity index (χ4n) is 2.04. The summed E-state index contributed by atoms with van der Waals surface area (Å²) in [7, 11) is 0.192. The molecule has 114 valence electrons. The smallest absolute Gasteiger partial charge is 0.240 e. The summed E-state index contributed by atoms with van der Waals surface area (Å²) in [5, 5.41) is 7.06. The Kier molecular flexibility index (Phi) is 5.11. The van der Waals surface area contributed by atoms with Gasteiger partial charge < -0.3 is 5.32 Å². The monoisotopic (exact) mass is 308 g/mol. The van der Waals surface area contributed by atoms with Crippen molar-refractivity contribution >= 4 is 10.0 Å². The third-order valence-corrected chi connectivity index (χ3v) is 4.51. The van der Waals surface area contributed by atoms with E-state index in [4.69, 9.17) is 0 Å². The van der Waals surface area contributed by atoms with E-state index in [-0.39, 0.29) is 0 Å². The van der Waals surface area contributed by atoms with Crippen LogP contribution in [0.4, 0.5) is 0 Å². The second-order valence-electron chi connectivity index (χ2n) is 4.85. The van der Waals surface area contributed by atoms with Crippen LogP contribution in [0.1, 0.15) is 11.1 Å². The minimum Gasteiger partial charge on any atom is -0.316 e. The molecule has 21 heavy (non-hydrogen) atoms. The van der Waals surface area contributed by atoms with Gasteiger partial charge in [-0.3, -0.25) is 4.68 Å². The van der Waals surface area contributed by atoms with Crippen molar-refractivity contribution < 1.29 is 8.42 Å². The molecule has 0 radical (unpaired) electrons. The summed E-state index contributed by atoms with van der Waals surface area (Å²) in [4.78, 5) is 0.293. The highest BCUT2D eigenvalue weighted by Crippen LogP contribution is 2.11. The highest BCUT2D eigenvalue weighted by molar-refractivity contribution is 7.89. The van der Waals surface area contributed by atoms with Crippen molar-refractivity contribution in [2.75, 3.05) is 13.6 Å². The lowest BCUT2D eigenvalue weighted by Gasteiger charge is -2.08. The first kappa shape index (κ1) is 15.7. The summed E-state index contributed by atoms with van der Waals surface area (Å²) in [6.07, 6.45) is 4.23. The molecule has 1 aromatic heterocycles. The molecule has 2 aromatic rings. The molecule has 6 nitrogen and oxygen atoms in total. The number of aromatic nitrogens is 2. The van der Waals surface area contributed by atoms with E-state index in [1.165, 1.54) is 0 Å². The van der Waals surface area contributed by atoms with Gasteiger partial charge in [0.2, 0.25) is 10.0 Å². The van der Waals surface area contributed by atoms with E-state index in [0.29, 0.717) is 24.4 Å². The molecule has 1 aromatic carbocycles. The maximum Gasteiger partial charge on any atom is 0.240 e. The second kappa shape index (κ2) is 6.84. The average molecular weight is 308 g/mol. The standard InChI is InChI=1S/C14H20N4O2S/c1-15-9-12-4-3-5-14(8-12)21(19,20)17-7-6-13-10-16-18(2)11-13/h3-5,8,10-11,15,17H,6-7,9H2,1-2H3. The number of aryl methyl sites for hydroxylation is 1. The molecule has 0 amide bonds. The molecule has 2 rings (SSSR count). The molecule has 0 fully saturated rings. The largest absolute Gasteiger partial charge is 0.316 e. The van der Waals surface area contributed by atoms with Crippen LogP contribution in [0.2, 0.25) is 0 Å². The quantitative estimate of drug-likeness (QED) is 0.788. The summed E-state index contributed by atoms with van der Waals surface area (Å²) in [5.41, 5.74) is 1.94. The van der Waals surface area contributed by atoms with Crippen LogP contribution in [0.15, 0.2) is 41.6 Å². The van der Waals surface area contributed by atoms with Gasteiger partial charge in [0.15, 0.2) is 0 Å². The Morgan fingerprint density at radius 3 is 2.76 bits per heavy atom. The highest BCUT2D eigenvalue weighted by Gasteiger charge is 2.13. The van der Waals surface area contributed by atoms with E-state index in [9.17, 15) is 8.42 Å². The zero-order chi connectivity index (χ0) is 15.3. The van der Waals surface area contributed by atoms with Gasteiger partial charge in [0.25, 0.3) is 0 Å². The molecule has 0 saturated heterocycles. The Balaban J connectivity index is 1.99. The van der Waals surface area contributed by atoms with Gasteiger partial charge in [0.1, 0.15) is 0 Å². The van der Waals surface area contributed by atoms with Crippen LogP contribution in [-0.4, -0.2) is 31.8 Å². The molecule has 0 saturated carbocycles. The maximum absolute atomic E-state index is 12.2. The summed E-state index contributed by atoms with van der Waals surface area (Å²) in [6, 6.07) is 6.93. The number of sulfonamides is 1. The minimum atomic E-state index is -3.47. The Labute approximate surface area is 125 Å². The molecule has 1 heterocycles. The molecule has 0 aliphatic carbocycles. The zero-order valence-corrected chi connectivity index (χ0v) is 13.0. The lowest BCUT2D eigenvalue weighted by Crippen LogP contribution is -2.26. The van der Waals surface area contributed by atoms with Crippen LogP contribution in [0.25, 0.3) is 0 Å². The van der Waals surface area contributed by atoms with Crippen molar-refractivity contribution in [3.63, 3.8) is 0 Å². The average Bonchev–Trinajstić information content (AvgIpc) is 2.85. The lowest BCUT2D eigenvalue weighted by atomic mass is 10.2. The summed E-state index contributed by atoms with van der Waals surface area (Å²) < 4.78 is 28.8. The zero-order valence-electron chi connectivity index (χ0n) is 12.2. The maximum atomic E-state index is 12.2. The molecule has 2 N–H and O–H groups in total. The molecule has 0 aliphatic heterocycles. The fourth-order valence-corrected chi connectivity index (χ4v) is 3.14. The van der Waals surface area contributed by atoms with Gasteiger partial charge in [0.05, 0.1) is 11.1 Å². The van der Waals surface area contributed by atoms with Gasteiger partial charge in [-0.25, -0.2) is 13.1 Å². The van der Waals surface area contributed by atoms with E-state index in [1.807, 2.05) is 26.4 Å². The second-order valence-corrected chi connectivity index (χ2v) is 6.61. The first-order valence-electron chi connectivity index (χ1n) is 6.72. The lowest BCUT2D eigenvalue weighted by molar-refractivity contribution is 0.581. The van der Waals surface area contributed by atoms with Crippen LogP contribution in [-0.2, 0) is 30.0 Å². The fraction of sp³-hybridized carbons (Fsp3) is 0.357. The summed E-state index contributed by atoms with van der Waals surface area (Å²) in [5.74, 6) is 0. The van der Waals surface area contributed by atoms with Crippen molar-refractivity contribution in [2.45, 2.75) is 17.9 Å². The van der Waals surface area contributed by atoms with Crippen molar-refractivity contribution in [3.8, 4) is 0 Å². The molecule has 7 heteroatoms. The van der Waals surface area contributed by atoms with Gasteiger partial charge in [-0.2, -0.15) is 5.10 Å². The Morgan fingerprint density at radius 1 is 1.29 bits per heavy atom. The molecule has 0 unspecified atom stereocenters. The van der Waals surface area contributed by atoms with Gasteiger partial charge >= 0.3 is 0 Å². The Hall–Kier alpha value is -1.70. The van der Waals surface area contributed by atoms with Crippen LogP contribution in [0, 0.1) is 0 Å². The molecule has 0 bridgehead atoms. The van der Waals surface area contributed by atoms with Crippen molar-refractivity contribution in [1.82, 2.24) is 19.8 Å². The summed E-state index contributed by atoms with van der Waals surface area (Å²) >= 11 is 0. The van der Waals surface area contributed by atoms with E-state index in [2.05, 4.69) is 15.1 Å². The van der Waals surface area contributed by atoms with Gasteiger partial charge in [-0.05, 0) is 36.7 Å². The van der Waals surface area contributed by atoms with Crippen LogP contribution in [0.5, 0.6) is 0 Å². The van der Waals surface area contributed by atoms with Gasteiger partial charge in [-0.15, -0.1) is 0 Å². The Morgan fingerprint density at radius 2 is 2.10 bits per heavy atom. The Bertz CT molecular complexity index is 695. The van der Waals surface area contributed by atoms with Crippen molar-refractivity contribution in [1.29, 1.82) is 0 Å². The number of rotatable bonds is 7. The normalized spacial score (nSPS) is 11.7. The van der Waals surface area contributed by atoms with E-state index in [1.54, 1.807) is 29.1 Å². The minimum absolute atomic E-state index is 0.293. The molecule has 0 aliphatic rings. The third kappa shape index (κ3) is 4.38. The van der Waals surface area contributed by atoms with Gasteiger partial charge in [0, 0.05) is 26.3 Å². The topological polar surface area (TPSA) is 76.0 Å². The van der Waals surface area contributed by atoms with Crippen molar-refractivity contribution in [3.05, 3.63) is 47.8 Å². The molecule has 0 atom stereocenters. The number of nitrogens with one attached hydrogen (secondary N) is 2. The number of hydrogen-bond donors (Lipinski definition) is 2. The van der Waals surface area contributed by atoms with E-state index >= 15 is 0 Å². The molecule has 0 spiro atoms. The van der Waals surface area contributed by atoms with Crippen molar-refractivity contribution in [2.24, 2.45) is 7.05 Å². The first-order valence-corrected chi connectivity index (χ1v) is 8.20. The predicted octanol–water partition coefficient (Wildman–Crippen LogP) is 0.660. The summed E-state index contributed by atoms with van der Waals surface area (Å²) in [6.45, 7) is 0.989. The van der Waals surface area contributed by atoms with Crippen LogP contribution >= 0.6 is 0 Å². The highest BCUT2D eigenvalue weighted by atomic mass is 32.2. The molecular weight excluding hydrogens is 288 g/mol. The SMILES string of the molecule is CNCc1cccc(S(=O)(=O)NCCc2cnn(C)c2)c1.